The molecule has 4 nitrogen and oxygen atoms in total. The van der Waals surface area contributed by atoms with Crippen LogP contribution in [0.3, 0.4) is 0 Å². The molecule has 0 aromatic rings. The second-order valence-electron chi connectivity index (χ2n) is 4.74. The number of likely N-dealkylation sites (tertiary alicyclic amines) is 1. The van der Waals surface area contributed by atoms with Gasteiger partial charge in [0.25, 0.3) is 0 Å². The lowest BCUT2D eigenvalue weighted by Crippen LogP contribution is -2.37. The van der Waals surface area contributed by atoms with Gasteiger partial charge >= 0.3 is 0 Å². The van der Waals surface area contributed by atoms with E-state index in [0.29, 0.717) is 18.5 Å². The van der Waals surface area contributed by atoms with Crippen molar-refractivity contribution in [2.24, 2.45) is 5.92 Å². The van der Waals surface area contributed by atoms with Crippen LogP contribution in [0.15, 0.2) is 0 Å². The average molecular weight is 212 g/mol. The Balaban J connectivity index is 1.64. The maximum atomic E-state index is 11.5. The van der Waals surface area contributed by atoms with E-state index in [2.05, 4.69) is 10.2 Å². The van der Waals surface area contributed by atoms with Gasteiger partial charge in [-0.1, -0.05) is 0 Å². The standard InChI is InChI=1S/C11H20N2O2/c14-6-4-9-3-5-13(7-9)8-11(15)12-10-1-2-10/h9-10,14H,1-8H2,(H,12,15). The van der Waals surface area contributed by atoms with E-state index in [4.69, 9.17) is 5.11 Å². The van der Waals surface area contributed by atoms with Crippen molar-refractivity contribution in [1.29, 1.82) is 0 Å². The van der Waals surface area contributed by atoms with Gasteiger partial charge in [-0.2, -0.15) is 0 Å². The molecule has 1 saturated heterocycles. The summed E-state index contributed by atoms with van der Waals surface area (Å²) in [7, 11) is 0. The van der Waals surface area contributed by atoms with E-state index in [1.54, 1.807) is 0 Å². The van der Waals surface area contributed by atoms with Crippen molar-refractivity contribution in [2.75, 3.05) is 26.2 Å². The fourth-order valence-electron chi connectivity index (χ4n) is 2.18. The molecule has 1 aliphatic carbocycles. The number of amides is 1. The maximum Gasteiger partial charge on any atom is 0.234 e. The summed E-state index contributed by atoms with van der Waals surface area (Å²) in [5, 5.41) is 11.8. The SMILES string of the molecule is O=C(CN1CCC(CCO)C1)NC1CC1. The number of aliphatic hydroxyl groups excluding tert-OH is 1. The molecule has 0 radical (unpaired) electrons. The van der Waals surface area contributed by atoms with Gasteiger partial charge in [0.1, 0.15) is 0 Å². The van der Waals surface area contributed by atoms with Crippen molar-refractivity contribution in [1.82, 2.24) is 10.2 Å². The molecular formula is C11H20N2O2. The highest BCUT2D eigenvalue weighted by molar-refractivity contribution is 5.78. The van der Waals surface area contributed by atoms with E-state index in [1.807, 2.05) is 0 Å². The van der Waals surface area contributed by atoms with Crippen LogP contribution in [-0.2, 0) is 4.79 Å². The number of aliphatic hydroxyl groups is 1. The zero-order valence-corrected chi connectivity index (χ0v) is 9.11. The molecule has 15 heavy (non-hydrogen) atoms. The van der Waals surface area contributed by atoms with Crippen molar-refractivity contribution in [3.8, 4) is 0 Å². The van der Waals surface area contributed by atoms with E-state index in [9.17, 15) is 4.79 Å². The third-order valence-electron chi connectivity index (χ3n) is 3.22. The first-order valence-electron chi connectivity index (χ1n) is 5.90. The molecular weight excluding hydrogens is 192 g/mol. The first-order valence-corrected chi connectivity index (χ1v) is 5.90. The van der Waals surface area contributed by atoms with E-state index < -0.39 is 0 Å². The predicted molar refractivity (Wildman–Crippen MR) is 57.4 cm³/mol. The molecule has 1 atom stereocenters. The van der Waals surface area contributed by atoms with Crippen molar-refractivity contribution in [3.63, 3.8) is 0 Å². The van der Waals surface area contributed by atoms with Gasteiger partial charge in [0.05, 0.1) is 6.54 Å². The second-order valence-corrected chi connectivity index (χ2v) is 4.74. The van der Waals surface area contributed by atoms with E-state index in [1.165, 1.54) is 0 Å². The summed E-state index contributed by atoms with van der Waals surface area (Å²) in [5.74, 6) is 0.755. The lowest BCUT2D eigenvalue weighted by atomic mass is 10.1. The van der Waals surface area contributed by atoms with Crippen molar-refractivity contribution < 1.29 is 9.90 Å². The van der Waals surface area contributed by atoms with Crippen molar-refractivity contribution in [3.05, 3.63) is 0 Å². The molecule has 1 saturated carbocycles. The summed E-state index contributed by atoms with van der Waals surface area (Å²) in [6.07, 6.45) is 4.30. The van der Waals surface area contributed by atoms with Gasteiger partial charge in [-0.25, -0.2) is 0 Å². The van der Waals surface area contributed by atoms with Crippen LogP contribution in [0.5, 0.6) is 0 Å². The van der Waals surface area contributed by atoms with E-state index >= 15 is 0 Å². The Morgan fingerprint density at radius 3 is 2.87 bits per heavy atom. The molecule has 0 aromatic carbocycles. The van der Waals surface area contributed by atoms with Crippen molar-refractivity contribution >= 4 is 5.91 Å². The summed E-state index contributed by atoms with van der Waals surface area (Å²) < 4.78 is 0. The highest BCUT2D eigenvalue weighted by Crippen LogP contribution is 2.20. The number of nitrogens with zero attached hydrogens (tertiary/aromatic N) is 1. The average Bonchev–Trinajstić information content (AvgIpc) is 2.88. The molecule has 0 bridgehead atoms. The fraction of sp³-hybridized carbons (Fsp3) is 0.909. The van der Waals surface area contributed by atoms with E-state index in [-0.39, 0.29) is 12.5 Å². The molecule has 0 aromatic heterocycles. The summed E-state index contributed by atoms with van der Waals surface area (Å²) in [6, 6.07) is 0.466. The molecule has 2 aliphatic rings. The van der Waals surface area contributed by atoms with Crippen LogP contribution < -0.4 is 5.32 Å². The number of carbonyl (C=O) groups is 1. The molecule has 0 spiro atoms. The minimum Gasteiger partial charge on any atom is -0.396 e. The zero-order valence-electron chi connectivity index (χ0n) is 9.11. The third-order valence-corrected chi connectivity index (χ3v) is 3.22. The Kier molecular flexibility index (Phi) is 3.59. The molecule has 4 heteroatoms. The number of hydrogen-bond donors (Lipinski definition) is 2. The topological polar surface area (TPSA) is 52.6 Å². The van der Waals surface area contributed by atoms with Gasteiger partial charge < -0.3 is 10.4 Å². The van der Waals surface area contributed by atoms with E-state index in [0.717, 1.165) is 38.8 Å². The first-order chi connectivity index (χ1) is 7.28. The fourth-order valence-corrected chi connectivity index (χ4v) is 2.18. The summed E-state index contributed by atoms with van der Waals surface area (Å²) in [5.41, 5.74) is 0. The Bertz CT molecular complexity index is 229. The number of hydrogen-bond acceptors (Lipinski definition) is 3. The quantitative estimate of drug-likeness (QED) is 0.673. The Hall–Kier alpha value is -0.610. The van der Waals surface area contributed by atoms with Gasteiger partial charge in [0, 0.05) is 19.2 Å². The van der Waals surface area contributed by atoms with Crippen LogP contribution in [-0.4, -0.2) is 48.2 Å². The van der Waals surface area contributed by atoms with Crippen LogP contribution in [0.25, 0.3) is 0 Å². The summed E-state index contributed by atoms with van der Waals surface area (Å²) >= 11 is 0. The highest BCUT2D eigenvalue weighted by atomic mass is 16.3. The van der Waals surface area contributed by atoms with Crippen LogP contribution >= 0.6 is 0 Å². The number of carbonyl (C=O) groups excluding carboxylic acids is 1. The number of rotatable bonds is 5. The largest absolute Gasteiger partial charge is 0.396 e. The van der Waals surface area contributed by atoms with Gasteiger partial charge in [0.15, 0.2) is 0 Å². The summed E-state index contributed by atoms with van der Waals surface area (Å²) in [6.45, 7) is 2.78. The van der Waals surface area contributed by atoms with Crippen LogP contribution in [0.1, 0.15) is 25.7 Å². The predicted octanol–water partition coefficient (Wildman–Crippen LogP) is -0.0307. The molecule has 2 fully saturated rings. The molecule has 1 aliphatic heterocycles. The molecule has 1 amide bonds. The van der Waals surface area contributed by atoms with Gasteiger partial charge in [-0.05, 0) is 38.1 Å². The van der Waals surface area contributed by atoms with Gasteiger partial charge in [-0.15, -0.1) is 0 Å². The Morgan fingerprint density at radius 1 is 1.40 bits per heavy atom. The smallest absolute Gasteiger partial charge is 0.234 e. The lowest BCUT2D eigenvalue weighted by molar-refractivity contribution is -0.122. The molecule has 86 valence electrons. The van der Waals surface area contributed by atoms with Gasteiger partial charge in [0.2, 0.25) is 5.91 Å². The van der Waals surface area contributed by atoms with Crippen molar-refractivity contribution in [2.45, 2.75) is 31.7 Å². The van der Waals surface area contributed by atoms with Crippen LogP contribution in [0.4, 0.5) is 0 Å². The first kappa shape index (κ1) is 10.9. The minimum atomic E-state index is 0.169. The van der Waals surface area contributed by atoms with Crippen LogP contribution in [0.2, 0.25) is 0 Å². The molecule has 1 unspecified atom stereocenters. The second kappa shape index (κ2) is 4.94. The monoisotopic (exact) mass is 212 g/mol. The van der Waals surface area contributed by atoms with Crippen LogP contribution in [0, 0.1) is 5.92 Å². The minimum absolute atomic E-state index is 0.169. The molecule has 2 N–H and O–H groups in total. The highest BCUT2D eigenvalue weighted by Gasteiger charge is 2.26. The number of nitrogens with one attached hydrogen (secondary N) is 1. The maximum absolute atomic E-state index is 11.5. The Morgan fingerprint density at radius 2 is 2.20 bits per heavy atom. The third kappa shape index (κ3) is 3.47. The molecule has 2 rings (SSSR count). The summed E-state index contributed by atoms with van der Waals surface area (Å²) in [4.78, 5) is 13.7. The normalized spacial score (nSPS) is 26.9. The Labute approximate surface area is 90.6 Å². The molecule has 1 heterocycles. The lowest BCUT2D eigenvalue weighted by Gasteiger charge is -2.15. The van der Waals surface area contributed by atoms with Gasteiger partial charge in [-0.3, -0.25) is 9.69 Å². The zero-order chi connectivity index (χ0) is 10.7.